The molecule has 0 aliphatic carbocycles. The van der Waals surface area contributed by atoms with Gasteiger partial charge in [0.15, 0.2) is 0 Å². The Hall–Kier alpha value is -2.07. The fraction of sp³-hybridized carbons (Fsp3) is 0. The first-order valence-electron chi connectivity index (χ1n) is 4.21. The molecular weight excluding hydrogens is 266 g/mol. The van der Waals surface area contributed by atoms with E-state index in [1.54, 1.807) is 0 Å². The first-order chi connectivity index (χ1) is 8.06. The van der Waals surface area contributed by atoms with Crippen LogP contribution in [0.25, 0.3) is 0 Å². The van der Waals surface area contributed by atoms with Gasteiger partial charge in [-0.3, -0.25) is 20.2 Å². The van der Waals surface area contributed by atoms with Gasteiger partial charge in [-0.1, -0.05) is 22.7 Å². The van der Waals surface area contributed by atoms with E-state index in [0.717, 1.165) is 22.7 Å². The van der Waals surface area contributed by atoms with E-state index in [2.05, 4.69) is 15.5 Å². The fourth-order valence-electron chi connectivity index (χ4n) is 0.992. The molecule has 0 radical (unpaired) electrons. The number of hydrogen-bond acceptors (Lipinski definition) is 8. The number of carbonyl (C=O) groups excluding carboxylic acids is 1. The van der Waals surface area contributed by atoms with Gasteiger partial charge in [-0.2, -0.15) is 0 Å². The van der Waals surface area contributed by atoms with Crippen molar-refractivity contribution in [3.63, 3.8) is 0 Å². The zero-order chi connectivity index (χ0) is 12.4. The normalized spacial score (nSPS) is 10.1. The lowest BCUT2D eigenvalue weighted by Gasteiger charge is -1.95. The molecule has 0 aliphatic heterocycles. The first kappa shape index (κ1) is 11.4. The Morgan fingerprint density at radius 1 is 1.41 bits per heavy atom. The average Bonchev–Trinajstić information content (AvgIpc) is 2.86. The molecule has 88 valence electrons. The van der Waals surface area contributed by atoms with Gasteiger partial charge in [0.05, 0.1) is 9.80 Å². The Morgan fingerprint density at radius 3 is 2.71 bits per heavy atom. The largest absolute Gasteiger partial charge is 0.374 e. The van der Waals surface area contributed by atoms with Gasteiger partial charge in [-0.15, -0.1) is 10.2 Å². The molecule has 2 rings (SSSR count). The molecule has 0 aromatic carbocycles. The zero-order valence-electron chi connectivity index (χ0n) is 8.11. The molecule has 3 N–H and O–H groups in total. The summed E-state index contributed by atoms with van der Waals surface area (Å²) in [5, 5.41) is 20.4. The standard InChI is InChI=1S/C7H5N5O3S2/c8-6-10-11-7(17-6)9-5(13)3-1-2-4(16-3)12(14)15/h1-2H,(H2,8,10)(H,9,11,13). The van der Waals surface area contributed by atoms with Crippen LogP contribution in [-0.4, -0.2) is 21.0 Å². The van der Waals surface area contributed by atoms with E-state index in [0.29, 0.717) is 0 Å². The molecule has 2 heterocycles. The third-order valence-corrected chi connectivity index (χ3v) is 3.36. The molecule has 8 nitrogen and oxygen atoms in total. The SMILES string of the molecule is Nc1nnc(NC(=O)c2ccc([N+](=O)[O-])s2)s1. The van der Waals surface area contributed by atoms with Crippen molar-refractivity contribution < 1.29 is 9.72 Å². The van der Waals surface area contributed by atoms with Gasteiger partial charge in [-0.05, 0) is 6.07 Å². The number of hydrogen-bond donors (Lipinski definition) is 2. The van der Waals surface area contributed by atoms with E-state index in [4.69, 9.17) is 5.73 Å². The van der Waals surface area contributed by atoms with Crippen LogP contribution in [0, 0.1) is 10.1 Å². The molecule has 0 atom stereocenters. The van der Waals surface area contributed by atoms with Crippen LogP contribution in [0.1, 0.15) is 9.67 Å². The Labute approximate surface area is 102 Å². The number of amides is 1. The number of nitrogens with one attached hydrogen (secondary N) is 1. The molecular formula is C7H5N5O3S2. The minimum absolute atomic E-state index is 0.0908. The quantitative estimate of drug-likeness (QED) is 0.641. The number of nitrogens with two attached hydrogens (primary N) is 1. The van der Waals surface area contributed by atoms with Crippen LogP contribution in [0.15, 0.2) is 12.1 Å². The zero-order valence-corrected chi connectivity index (χ0v) is 9.75. The van der Waals surface area contributed by atoms with Crippen molar-refractivity contribution in [2.45, 2.75) is 0 Å². The van der Waals surface area contributed by atoms with E-state index in [1.165, 1.54) is 12.1 Å². The first-order valence-corrected chi connectivity index (χ1v) is 5.84. The van der Waals surface area contributed by atoms with Crippen LogP contribution >= 0.6 is 22.7 Å². The van der Waals surface area contributed by atoms with Crippen molar-refractivity contribution in [3.05, 3.63) is 27.1 Å². The molecule has 0 fully saturated rings. The Morgan fingerprint density at radius 2 is 2.18 bits per heavy atom. The van der Waals surface area contributed by atoms with Crippen molar-refractivity contribution in [1.82, 2.24) is 10.2 Å². The van der Waals surface area contributed by atoms with Crippen molar-refractivity contribution in [3.8, 4) is 0 Å². The number of nitro groups is 1. The second-order valence-corrected chi connectivity index (χ2v) is 4.87. The summed E-state index contributed by atoms with van der Waals surface area (Å²) >= 11 is 1.81. The van der Waals surface area contributed by atoms with Gasteiger partial charge in [0, 0.05) is 6.07 Å². The van der Waals surface area contributed by atoms with Crippen molar-refractivity contribution in [2.24, 2.45) is 0 Å². The molecule has 1 amide bonds. The van der Waals surface area contributed by atoms with Gasteiger partial charge >= 0.3 is 5.00 Å². The highest BCUT2D eigenvalue weighted by Gasteiger charge is 2.16. The minimum atomic E-state index is -0.551. The van der Waals surface area contributed by atoms with Crippen LogP contribution in [0.5, 0.6) is 0 Å². The third-order valence-electron chi connectivity index (χ3n) is 1.66. The number of thiophene rings is 1. The highest BCUT2D eigenvalue weighted by atomic mass is 32.1. The molecule has 0 saturated heterocycles. The van der Waals surface area contributed by atoms with Gasteiger partial charge in [-0.25, -0.2) is 0 Å². The van der Waals surface area contributed by atoms with Gasteiger partial charge in [0.25, 0.3) is 5.91 Å². The Balaban J connectivity index is 2.11. The molecule has 0 unspecified atom stereocenters. The summed E-state index contributed by atoms with van der Waals surface area (Å²) in [6.45, 7) is 0. The number of anilines is 2. The number of carbonyl (C=O) groups is 1. The van der Waals surface area contributed by atoms with E-state index in [1.807, 2.05) is 0 Å². The summed E-state index contributed by atoms with van der Waals surface area (Å²) in [6.07, 6.45) is 0. The van der Waals surface area contributed by atoms with Crippen molar-refractivity contribution in [2.75, 3.05) is 11.1 Å². The fourth-order valence-corrected chi connectivity index (χ4v) is 2.21. The van der Waals surface area contributed by atoms with Crippen molar-refractivity contribution in [1.29, 1.82) is 0 Å². The van der Waals surface area contributed by atoms with E-state index in [9.17, 15) is 14.9 Å². The summed E-state index contributed by atoms with van der Waals surface area (Å²) in [6, 6.07) is 2.65. The number of nitrogens with zero attached hydrogens (tertiary/aromatic N) is 3. The second kappa shape index (κ2) is 4.43. The predicted molar refractivity (Wildman–Crippen MR) is 63.2 cm³/mol. The monoisotopic (exact) mass is 271 g/mol. The molecule has 0 aliphatic rings. The third kappa shape index (κ3) is 2.54. The second-order valence-electron chi connectivity index (χ2n) is 2.79. The molecule has 0 spiro atoms. The molecule has 0 saturated carbocycles. The molecule has 10 heteroatoms. The summed E-state index contributed by atoms with van der Waals surface area (Å²) < 4.78 is 0. The molecule has 2 aromatic heterocycles. The molecule has 2 aromatic rings. The van der Waals surface area contributed by atoms with Gasteiger partial charge in [0.2, 0.25) is 10.3 Å². The van der Waals surface area contributed by atoms with Crippen LogP contribution in [0.4, 0.5) is 15.3 Å². The van der Waals surface area contributed by atoms with Crippen LogP contribution < -0.4 is 11.1 Å². The highest BCUT2D eigenvalue weighted by Crippen LogP contribution is 2.25. The topological polar surface area (TPSA) is 124 Å². The number of nitrogen functional groups attached to an aromatic ring is 1. The minimum Gasteiger partial charge on any atom is -0.374 e. The smallest absolute Gasteiger partial charge is 0.324 e. The maximum absolute atomic E-state index is 11.6. The van der Waals surface area contributed by atoms with Crippen LogP contribution in [-0.2, 0) is 0 Å². The lowest BCUT2D eigenvalue weighted by Crippen LogP contribution is -2.09. The van der Waals surface area contributed by atoms with Gasteiger partial charge < -0.3 is 5.73 Å². The maximum atomic E-state index is 11.6. The predicted octanol–water partition coefficient (Wildman–Crippen LogP) is 1.34. The maximum Gasteiger partial charge on any atom is 0.324 e. The number of aromatic nitrogens is 2. The lowest BCUT2D eigenvalue weighted by atomic mass is 10.4. The summed E-state index contributed by atoms with van der Waals surface area (Å²) in [7, 11) is 0. The van der Waals surface area contributed by atoms with Crippen molar-refractivity contribution >= 4 is 43.8 Å². The Kier molecular flexibility index (Phi) is 2.97. The summed E-state index contributed by atoms with van der Waals surface area (Å²) in [5.74, 6) is -0.473. The number of rotatable bonds is 3. The van der Waals surface area contributed by atoms with E-state index >= 15 is 0 Å². The van der Waals surface area contributed by atoms with E-state index < -0.39 is 10.8 Å². The Bertz CT molecular complexity index is 578. The average molecular weight is 271 g/mol. The van der Waals surface area contributed by atoms with Gasteiger partial charge in [0.1, 0.15) is 0 Å². The van der Waals surface area contributed by atoms with Crippen LogP contribution in [0.2, 0.25) is 0 Å². The van der Waals surface area contributed by atoms with E-state index in [-0.39, 0.29) is 20.1 Å². The van der Waals surface area contributed by atoms with Crippen LogP contribution in [0.3, 0.4) is 0 Å². The summed E-state index contributed by atoms with van der Waals surface area (Å²) in [5.41, 5.74) is 5.34. The lowest BCUT2D eigenvalue weighted by molar-refractivity contribution is -0.380. The summed E-state index contributed by atoms with van der Waals surface area (Å²) in [4.78, 5) is 21.8. The molecule has 17 heavy (non-hydrogen) atoms. The highest BCUT2D eigenvalue weighted by molar-refractivity contribution is 7.19. The molecule has 0 bridgehead atoms.